The normalized spacial score (nSPS) is 19.5. The molecule has 0 aromatic heterocycles. The van der Waals surface area contributed by atoms with Crippen molar-refractivity contribution in [2.45, 2.75) is 40.5 Å². The van der Waals surface area contributed by atoms with Crippen LogP contribution in [0.2, 0.25) is 0 Å². The molecule has 1 aliphatic heterocycles. The van der Waals surface area contributed by atoms with Crippen molar-refractivity contribution in [1.29, 1.82) is 0 Å². The summed E-state index contributed by atoms with van der Waals surface area (Å²) in [7, 11) is 2.25. The van der Waals surface area contributed by atoms with E-state index in [1.807, 2.05) is 0 Å². The fraction of sp³-hybridized carbons (Fsp3) is 0.647. The minimum atomic E-state index is 0.790. The highest BCUT2D eigenvalue weighted by Crippen LogP contribution is 2.30. The molecule has 0 radical (unpaired) electrons. The number of rotatable bonds is 3. The summed E-state index contributed by atoms with van der Waals surface area (Å²) in [5.74, 6) is 0.790. The summed E-state index contributed by atoms with van der Waals surface area (Å²) < 4.78 is 0. The number of nitrogens with one attached hydrogen (secondary N) is 1. The number of anilines is 1. The highest BCUT2D eigenvalue weighted by Gasteiger charge is 2.18. The van der Waals surface area contributed by atoms with Gasteiger partial charge in [0.2, 0.25) is 0 Å². The third-order valence-electron chi connectivity index (χ3n) is 4.64. The lowest BCUT2D eigenvalue weighted by atomic mass is 9.95. The molecule has 1 saturated heterocycles. The van der Waals surface area contributed by atoms with Crippen molar-refractivity contribution in [3.8, 4) is 0 Å². The van der Waals surface area contributed by atoms with Gasteiger partial charge in [-0.3, -0.25) is 0 Å². The van der Waals surface area contributed by atoms with Crippen LogP contribution in [0.5, 0.6) is 0 Å². The van der Waals surface area contributed by atoms with E-state index in [2.05, 4.69) is 51.0 Å². The molecule has 1 aliphatic rings. The molecule has 0 bridgehead atoms. The predicted molar refractivity (Wildman–Crippen MR) is 84.3 cm³/mol. The molecule has 2 nitrogen and oxygen atoms in total. The maximum Gasteiger partial charge on any atom is 0.0428 e. The molecule has 1 heterocycles. The zero-order chi connectivity index (χ0) is 14.0. The fourth-order valence-electron chi connectivity index (χ4n) is 3.33. The zero-order valence-electron chi connectivity index (χ0n) is 13.1. The van der Waals surface area contributed by atoms with Gasteiger partial charge < -0.3 is 10.2 Å². The molecule has 2 heteroatoms. The van der Waals surface area contributed by atoms with Crippen molar-refractivity contribution < 1.29 is 0 Å². The van der Waals surface area contributed by atoms with Crippen LogP contribution in [0.1, 0.15) is 35.1 Å². The van der Waals surface area contributed by atoms with Crippen LogP contribution in [-0.2, 0) is 0 Å². The Kier molecular flexibility index (Phi) is 4.51. The lowest BCUT2D eigenvalue weighted by Gasteiger charge is -2.31. The maximum absolute atomic E-state index is 3.52. The molecule has 2 rings (SSSR count). The van der Waals surface area contributed by atoms with Crippen LogP contribution >= 0.6 is 0 Å². The highest BCUT2D eigenvalue weighted by molar-refractivity contribution is 5.63. The Labute approximate surface area is 118 Å². The minimum Gasteiger partial charge on any atom is -0.374 e. The van der Waals surface area contributed by atoms with Crippen LogP contribution < -0.4 is 10.2 Å². The van der Waals surface area contributed by atoms with Crippen LogP contribution in [0.15, 0.2) is 6.07 Å². The van der Waals surface area contributed by atoms with E-state index < -0.39 is 0 Å². The summed E-state index contributed by atoms with van der Waals surface area (Å²) in [5.41, 5.74) is 7.14. The second-order valence-electron chi connectivity index (χ2n) is 6.20. The summed E-state index contributed by atoms with van der Waals surface area (Å²) in [6, 6.07) is 2.31. The van der Waals surface area contributed by atoms with Gasteiger partial charge in [0.1, 0.15) is 0 Å². The van der Waals surface area contributed by atoms with Crippen molar-refractivity contribution in [3.05, 3.63) is 28.3 Å². The van der Waals surface area contributed by atoms with E-state index in [9.17, 15) is 0 Å². The number of benzene rings is 1. The van der Waals surface area contributed by atoms with E-state index in [1.165, 1.54) is 53.9 Å². The SMILES string of the molecule is Cc1cc(C)c(C)c(N(C)CC2CCCNC2)c1C. The Bertz CT molecular complexity index is 419. The number of aryl methyl sites for hydroxylation is 2. The first-order valence-corrected chi connectivity index (χ1v) is 7.50. The van der Waals surface area contributed by atoms with Gasteiger partial charge in [-0.1, -0.05) is 6.07 Å². The van der Waals surface area contributed by atoms with Crippen LogP contribution in [0.4, 0.5) is 5.69 Å². The van der Waals surface area contributed by atoms with Gasteiger partial charge in [0.05, 0.1) is 0 Å². The average Bonchev–Trinajstić information content (AvgIpc) is 2.38. The van der Waals surface area contributed by atoms with E-state index in [0.29, 0.717) is 0 Å². The largest absolute Gasteiger partial charge is 0.374 e. The first kappa shape index (κ1) is 14.4. The Morgan fingerprint density at radius 2 is 1.79 bits per heavy atom. The predicted octanol–water partition coefficient (Wildman–Crippen LogP) is 3.36. The van der Waals surface area contributed by atoms with Gasteiger partial charge in [-0.15, -0.1) is 0 Å². The van der Waals surface area contributed by atoms with Crippen molar-refractivity contribution in [2.75, 3.05) is 31.6 Å². The Balaban J connectivity index is 2.20. The van der Waals surface area contributed by atoms with Gasteiger partial charge in [0.15, 0.2) is 0 Å². The molecule has 0 saturated carbocycles. The minimum absolute atomic E-state index is 0.790. The van der Waals surface area contributed by atoms with Gasteiger partial charge in [0, 0.05) is 19.3 Å². The molecule has 0 aliphatic carbocycles. The van der Waals surface area contributed by atoms with E-state index in [1.54, 1.807) is 0 Å². The Morgan fingerprint density at radius 1 is 1.16 bits per heavy atom. The standard InChI is InChI=1S/C17H28N2/c1-12-9-13(2)15(4)17(14(12)3)19(5)11-16-7-6-8-18-10-16/h9,16,18H,6-8,10-11H2,1-5H3. The summed E-state index contributed by atoms with van der Waals surface area (Å²) in [6.07, 6.45) is 2.68. The summed E-state index contributed by atoms with van der Waals surface area (Å²) in [5, 5.41) is 3.52. The van der Waals surface area contributed by atoms with Crippen LogP contribution in [0.25, 0.3) is 0 Å². The van der Waals surface area contributed by atoms with E-state index in [4.69, 9.17) is 0 Å². The molecule has 1 N–H and O–H groups in total. The van der Waals surface area contributed by atoms with Crippen LogP contribution in [-0.4, -0.2) is 26.7 Å². The Hall–Kier alpha value is -1.02. The molecule has 1 unspecified atom stereocenters. The fourth-order valence-corrected chi connectivity index (χ4v) is 3.33. The molecule has 1 aromatic carbocycles. The summed E-state index contributed by atoms with van der Waals surface area (Å²) in [4.78, 5) is 2.47. The molecular weight excluding hydrogens is 232 g/mol. The molecule has 0 spiro atoms. The number of nitrogens with zero attached hydrogens (tertiary/aromatic N) is 1. The van der Waals surface area contributed by atoms with E-state index in [-0.39, 0.29) is 0 Å². The molecule has 1 fully saturated rings. The van der Waals surface area contributed by atoms with Gasteiger partial charge in [-0.05, 0) is 81.8 Å². The van der Waals surface area contributed by atoms with Crippen molar-refractivity contribution in [3.63, 3.8) is 0 Å². The van der Waals surface area contributed by atoms with E-state index >= 15 is 0 Å². The first-order valence-electron chi connectivity index (χ1n) is 7.50. The molecule has 1 aromatic rings. The summed E-state index contributed by atoms with van der Waals surface area (Å²) >= 11 is 0. The summed E-state index contributed by atoms with van der Waals surface area (Å²) in [6.45, 7) is 12.5. The average molecular weight is 260 g/mol. The highest BCUT2D eigenvalue weighted by atomic mass is 15.1. The van der Waals surface area contributed by atoms with Crippen molar-refractivity contribution >= 4 is 5.69 Å². The maximum atomic E-state index is 3.52. The van der Waals surface area contributed by atoms with Crippen molar-refractivity contribution in [1.82, 2.24) is 5.32 Å². The second-order valence-corrected chi connectivity index (χ2v) is 6.20. The van der Waals surface area contributed by atoms with Crippen molar-refractivity contribution in [2.24, 2.45) is 5.92 Å². The lowest BCUT2D eigenvalue weighted by molar-refractivity contribution is 0.381. The van der Waals surface area contributed by atoms with Crippen LogP contribution in [0, 0.1) is 33.6 Å². The molecule has 0 amide bonds. The van der Waals surface area contributed by atoms with E-state index in [0.717, 1.165) is 12.5 Å². The topological polar surface area (TPSA) is 15.3 Å². The molecule has 19 heavy (non-hydrogen) atoms. The van der Waals surface area contributed by atoms with Crippen LogP contribution in [0.3, 0.4) is 0 Å². The number of piperidine rings is 1. The van der Waals surface area contributed by atoms with Gasteiger partial charge in [-0.2, -0.15) is 0 Å². The van der Waals surface area contributed by atoms with Gasteiger partial charge in [0.25, 0.3) is 0 Å². The molecule has 1 atom stereocenters. The smallest absolute Gasteiger partial charge is 0.0428 e. The monoisotopic (exact) mass is 260 g/mol. The van der Waals surface area contributed by atoms with Gasteiger partial charge >= 0.3 is 0 Å². The quantitative estimate of drug-likeness (QED) is 0.896. The second kappa shape index (κ2) is 5.96. The van der Waals surface area contributed by atoms with Gasteiger partial charge in [-0.25, -0.2) is 0 Å². The zero-order valence-corrected chi connectivity index (χ0v) is 13.1. The third-order valence-corrected chi connectivity index (χ3v) is 4.64. The third kappa shape index (κ3) is 3.11. The number of hydrogen-bond donors (Lipinski definition) is 1. The Morgan fingerprint density at radius 3 is 2.32 bits per heavy atom. The lowest BCUT2D eigenvalue weighted by Crippen LogP contribution is -2.37. The molecule has 106 valence electrons. The molecular formula is C17H28N2. The number of hydrogen-bond acceptors (Lipinski definition) is 2. The first-order chi connectivity index (χ1) is 9.00.